The van der Waals surface area contributed by atoms with Crippen LogP contribution in [0.1, 0.15) is 0 Å². The summed E-state index contributed by atoms with van der Waals surface area (Å²) < 4.78 is 0. The molecule has 58 heavy (non-hydrogen) atoms. The summed E-state index contributed by atoms with van der Waals surface area (Å²) in [5.74, 6) is 0. The van der Waals surface area contributed by atoms with Gasteiger partial charge in [-0.25, -0.2) is 0 Å². The molecule has 0 radical (unpaired) electrons. The van der Waals surface area contributed by atoms with Gasteiger partial charge in [-0.05, 0) is 47.7 Å². The summed E-state index contributed by atoms with van der Waals surface area (Å²) in [5.41, 5.74) is 0. The summed E-state index contributed by atoms with van der Waals surface area (Å²) in [4.78, 5) is 0. The summed E-state index contributed by atoms with van der Waals surface area (Å²) in [6.07, 6.45) is 0. The molecule has 0 amide bonds. The Morgan fingerprint density at radius 1 is 0.207 bits per heavy atom. The smallest absolute Gasteiger partial charge is 0.0134 e. The summed E-state index contributed by atoms with van der Waals surface area (Å²) in [6, 6.07) is 97.4. The summed E-state index contributed by atoms with van der Waals surface area (Å²) >= 11 is 0. The fraction of sp³-hybridized carbons (Fsp3) is 0.0182. The predicted molar refractivity (Wildman–Crippen MR) is 263 cm³/mol. The summed E-state index contributed by atoms with van der Waals surface area (Å²) in [6.45, 7) is 2.44. The predicted octanol–water partition coefficient (Wildman–Crippen LogP) is 10.2. The maximum absolute atomic E-state index is 2.44. The average Bonchev–Trinajstić information content (AvgIpc) is 3.32. The van der Waals surface area contributed by atoms with Gasteiger partial charge < -0.3 is 0 Å². The molecule has 3 heteroatoms. The number of benzene rings is 9. The molecule has 284 valence electrons. The molecule has 0 aliphatic carbocycles. The van der Waals surface area contributed by atoms with E-state index >= 15 is 0 Å². The maximum atomic E-state index is 2.44. The van der Waals surface area contributed by atoms with Gasteiger partial charge in [0.15, 0.2) is 0 Å². The van der Waals surface area contributed by atoms with E-state index in [0.29, 0.717) is 0 Å². The molecule has 0 heterocycles. The van der Waals surface area contributed by atoms with Crippen LogP contribution in [0.15, 0.2) is 273 Å². The van der Waals surface area contributed by atoms with E-state index < -0.39 is 23.1 Å². The van der Waals surface area contributed by atoms with E-state index in [2.05, 4.69) is 280 Å². The molecule has 0 aliphatic rings. The van der Waals surface area contributed by atoms with E-state index in [1.54, 1.807) is 0 Å². The second-order valence-corrected chi connectivity index (χ2v) is 22.3. The van der Waals surface area contributed by atoms with Crippen LogP contribution < -0.4 is 47.7 Å². The van der Waals surface area contributed by atoms with Crippen molar-refractivity contribution in [2.45, 2.75) is 0 Å². The van der Waals surface area contributed by atoms with Gasteiger partial charge in [0.1, 0.15) is 0 Å². The largest absolute Gasteiger partial charge is 0.0622 e. The van der Waals surface area contributed by atoms with Gasteiger partial charge in [-0.15, -0.1) is 0 Å². The Morgan fingerprint density at radius 2 is 0.345 bits per heavy atom. The first kappa shape index (κ1) is 40.5. The zero-order chi connectivity index (χ0) is 39.7. The first-order chi connectivity index (χ1) is 28.7. The fourth-order valence-corrected chi connectivity index (χ4v) is 15.4. The quantitative estimate of drug-likeness (QED) is 0.128. The van der Waals surface area contributed by atoms with Crippen molar-refractivity contribution < 1.29 is 0 Å². The first-order valence-corrected chi connectivity index (χ1v) is 25.0. The van der Waals surface area contributed by atoms with E-state index in [9.17, 15) is 0 Å². The maximum Gasteiger partial charge on any atom is -0.0134 e. The minimum atomic E-state index is -1.88. The Hall–Kier alpha value is -5.73. The number of hydrogen-bond donors (Lipinski definition) is 0. The average molecular weight is 803 g/mol. The molecule has 0 N–H and O–H groups in total. The molecule has 9 rings (SSSR count). The molecule has 0 unspecified atom stereocenters. The third-order valence-electron chi connectivity index (χ3n) is 10.1. The van der Waals surface area contributed by atoms with E-state index in [1.165, 1.54) is 47.7 Å². The molecule has 0 spiro atoms. The second kappa shape index (κ2) is 21.1. The van der Waals surface area contributed by atoms with E-state index in [4.69, 9.17) is 0 Å². The Balaban J connectivity index is 0.000000132. The van der Waals surface area contributed by atoms with Crippen molar-refractivity contribution in [3.8, 4) is 0 Å². The van der Waals surface area contributed by atoms with Crippen LogP contribution in [0.2, 0.25) is 0 Å². The van der Waals surface area contributed by atoms with Crippen LogP contribution in [0.25, 0.3) is 0 Å². The van der Waals surface area contributed by atoms with Crippen LogP contribution in [0.5, 0.6) is 0 Å². The Labute approximate surface area is 348 Å². The molecule has 0 saturated heterocycles. The second-order valence-electron chi connectivity index (χ2n) is 13.9. The molecule has 0 bridgehead atoms. The monoisotopic (exact) mass is 802 g/mol. The van der Waals surface area contributed by atoms with Crippen molar-refractivity contribution in [3.05, 3.63) is 273 Å². The molecule has 9 aromatic carbocycles. The van der Waals surface area contributed by atoms with E-state index in [-0.39, 0.29) is 0 Å². The van der Waals surface area contributed by atoms with Gasteiger partial charge in [-0.1, -0.05) is 182 Å². The van der Waals surface area contributed by atoms with Crippen molar-refractivity contribution in [1.29, 1.82) is 0 Å². The van der Waals surface area contributed by atoms with Crippen LogP contribution in [-0.4, -0.2) is 6.66 Å². The summed E-state index contributed by atoms with van der Waals surface area (Å²) in [7, 11) is -2.77. The van der Waals surface area contributed by atoms with Gasteiger partial charge in [0.2, 0.25) is 0 Å². The fourth-order valence-electron chi connectivity index (χ4n) is 7.17. The molecule has 0 nitrogen and oxygen atoms in total. The topological polar surface area (TPSA) is 0 Å². The molecule has 0 fully saturated rings. The van der Waals surface area contributed by atoms with Crippen LogP contribution >= 0.6 is 23.1 Å². The Kier molecular flexibility index (Phi) is 14.8. The number of hydrogen-bond acceptors (Lipinski definition) is 0. The third kappa shape index (κ3) is 10.4. The SMILES string of the molecule is C[PH](c1ccccc1)(c1ccccc1)c1ccccc1.c1ccc(P(c2ccccc2)c2ccccc2)cc1.c1ccc(P(c2ccccc2)c2ccccc2)cc1. The van der Waals surface area contributed by atoms with Crippen LogP contribution in [0.3, 0.4) is 0 Å². The van der Waals surface area contributed by atoms with Crippen molar-refractivity contribution in [2.24, 2.45) is 0 Å². The zero-order valence-corrected chi connectivity index (χ0v) is 35.7. The van der Waals surface area contributed by atoms with Gasteiger partial charge in [0.05, 0.1) is 0 Å². The molecular weight excluding hydrogens is 754 g/mol. The van der Waals surface area contributed by atoms with Crippen molar-refractivity contribution >= 4 is 70.8 Å². The van der Waals surface area contributed by atoms with Crippen LogP contribution in [0.4, 0.5) is 0 Å². The first-order valence-electron chi connectivity index (χ1n) is 19.8. The normalized spacial score (nSPS) is 11.1. The molecule has 0 aromatic heterocycles. The molecule has 0 aliphatic heterocycles. The molecular formula is C55H49P3. The third-order valence-corrected chi connectivity index (χ3v) is 19.5. The van der Waals surface area contributed by atoms with Crippen molar-refractivity contribution in [3.63, 3.8) is 0 Å². The minimum Gasteiger partial charge on any atom is -0.0622 e. The summed E-state index contributed by atoms with van der Waals surface area (Å²) in [5, 5.41) is 12.8. The van der Waals surface area contributed by atoms with Crippen LogP contribution in [0, 0.1) is 0 Å². The Morgan fingerprint density at radius 3 is 0.500 bits per heavy atom. The van der Waals surface area contributed by atoms with E-state index in [1.807, 2.05) is 0 Å². The van der Waals surface area contributed by atoms with Crippen molar-refractivity contribution in [1.82, 2.24) is 0 Å². The molecule has 9 aromatic rings. The van der Waals surface area contributed by atoms with E-state index in [0.717, 1.165) is 0 Å². The molecule has 0 atom stereocenters. The van der Waals surface area contributed by atoms with Gasteiger partial charge in [0.25, 0.3) is 0 Å². The standard InChI is InChI=1S/C19H19P.2C18H15P/c1-20(17-11-5-2-6-12-17,18-13-7-3-8-14-18)19-15-9-4-10-16-19;2*1-4-10-16(11-5-1)19(17-12-6-2-7-13-17)18-14-8-3-9-15-18/h2-16,20H,1H3;2*1-15H. The van der Waals surface area contributed by atoms with Gasteiger partial charge in [-0.3, -0.25) is 0 Å². The van der Waals surface area contributed by atoms with Gasteiger partial charge >= 0.3 is 121 Å². The van der Waals surface area contributed by atoms with Gasteiger partial charge in [0, 0.05) is 0 Å². The van der Waals surface area contributed by atoms with Crippen LogP contribution in [-0.2, 0) is 0 Å². The number of rotatable bonds is 9. The van der Waals surface area contributed by atoms with Gasteiger partial charge in [-0.2, -0.15) is 0 Å². The minimum absolute atomic E-state index is 0.446. The molecule has 0 saturated carbocycles. The zero-order valence-electron chi connectivity index (χ0n) is 32.9. The Bertz CT molecular complexity index is 2060. The van der Waals surface area contributed by atoms with Crippen molar-refractivity contribution in [2.75, 3.05) is 6.66 Å².